The zero-order chi connectivity index (χ0) is 14.1. The Morgan fingerprint density at radius 1 is 1.15 bits per heavy atom. The fourth-order valence-electron chi connectivity index (χ4n) is 2.86. The first-order valence-corrected chi connectivity index (χ1v) is 8.07. The molecule has 0 unspecified atom stereocenters. The van der Waals surface area contributed by atoms with Crippen molar-refractivity contribution < 1.29 is 0 Å². The van der Waals surface area contributed by atoms with Gasteiger partial charge in [-0.15, -0.1) is 0 Å². The van der Waals surface area contributed by atoms with Gasteiger partial charge in [0.25, 0.3) is 0 Å². The highest BCUT2D eigenvalue weighted by Gasteiger charge is 2.31. The highest BCUT2D eigenvalue weighted by molar-refractivity contribution is 9.10. The predicted molar refractivity (Wildman–Crippen MR) is 89.7 cm³/mol. The van der Waals surface area contributed by atoms with Crippen LogP contribution in [0.3, 0.4) is 0 Å². The number of benzene rings is 2. The van der Waals surface area contributed by atoms with Gasteiger partial charge in [0, 0.05) is 21.2 Å². The number of anilines is 1. The molecule has 1 saturated carbocycles. The maximum atomic E-state index is 5.96. The molecular formula is C17H17BrClN. The Balaban J connectivity index is 1.62. The van der Waals surface area contributed by atoms with Crippen molar-refractivity contribution in [1.29, 1.82) is 0 Å². The van der Waals surface area contributed by atoms with Gasteiger partial charge in [-0.2, -0.15) is 0 Å². The highest BCUT2D eigenvalue weighted by Crippen LogP contribution is 2.40. The summed E-state index contributed by atoms with van der Waals surface area (Å²) in [5, 5.41) is 4.35. The van der Waals surface area contributed by atoms with Crippen molar-refractivity contribution in [3.8, 4) is 0 Å². The SMILES string of the molecule is Cc1ccccc1C1CC(Nc2ccc(Cl)cc2Br)C1. The minimum absolute atomic E-state index is 0.553. The number of rotatable bonds is 3. The molecule has 0 spiro atoms. The molecule has 1 fully saturated rings. The first-order valence-electron chi connectivity index (χ1n) is 6.90. The van der Waals surface area contributed by atoms with Gasteiger partial charge in [-0.3, -0.25) is 0 Å². The summed E-state index contributed by atoms with van der Waals surface area (Å²) in [4.78, 5) is 0. The molecule has 1 N–H and O–H groups in total. The summed E-state index contributed by atoms with van der Waals surface area (Å²) in [7, 11) is 0. The van der Waals surface area contributed by atoms with Gasteiger partial charge in [0.05, 0.1) is 0 Å². The average molecular weight is 351 g/mol. The van der Waals surface area contributed by atoms with Crippen molar-refractivity contribution in [1.82, 2.24) is 0 Å². The smallest absolute Gasteiger partial charge is 0.0487 e. The van der Waals surface area contributed by atoms with Gasteiger partial charge in [-0.25, -0.2) is 0 Å². The van der Waals surface area contributed by atoms with E-state index in [9.17, 15) is 0 Å². The zero-order valence-electron chi connectivity index (χ0n) is 11.4. The van der Waals surface area contributed by atoms with E-state index in [1.54, 1.807) is 0 Å². The fraction of sp³-hybridized carbons (Fsp3) is 0.294. The van der Waals surface area contributed by atoms with E-state index < -0.39 is 0 Å². The average Bonchev–Trinajstić information content (AvgIpc) is 2.37. The van der Waals surface area contributed by atoms with Crippen LogP contribution in [0, 0.1) is 6.92 Å². The summed E-state index contributed by atoms with van der Waals surface area (Å²) in [6.07, 6.45) is 2.39. The molecule has 0 atom stereocenters. The molecule has 0 bridgehead atoms. The molecule has 0 aliphatic heterocycles. The molecule has 3 heteroatoms. The molecule has 0 amide bonds. The Kier molecular flexibility index (Phi) is 4.04. The molecule has 1 aliphatic rings. The van der Waals surface area contributed by atoms with Crippen molar-refractivity contribution in [2.75, 3.05) is 5.32 Å². The summed E-state index contributed by atoms with van der Waals surface area (Å²) in [5.41, 5.74) is 4.03. The van der Waals surface area contributed by atoms with Gasteiger partial charge < -0.3 is 5.32 Å². The molecule has 20 heavy (non-hydrogen) atoms. The van der Waals surface area contributed by atoms with Crippen molar-refractivity contribution >= 4 is 33.2 Å². The Morgan fingerprint density at radius 3 is 2.60 bits per heavy atom. The molecule has 2 aromatic rings. The highest BCUT2D eigenvalue weighted by atomic mass is 79.9. The van der Waals surface area contributed by atoms with Crippen LogP contribution in [0.15, 0.2) is 46.9 Å². The quantitative estimate of drug-likeness (QED) is 0.741. The van der Waals surface area contributed by atoms with E-state index in [-0.39, 0.29) is 0 Å². The lowest BCUT2D eigenvalue weighted by Crippen LogP contribution is -2.34. The third-order valence-electron chi connectivity index (χ3n) is 4.06. The number of nitrogens with one attached hydrogen (secondary N) is 1. The first-order chi connectivity index (χ1) is 9.63. The van der Waals surface area contributed by atoms with Crippen LogP contribution in [0.4, 0.5) is 5.69 Å². The Labute approximate surface area is 133 Å². The van der Waals surface area contributed by atoms with Crippen molar-refractivity contribution in [2.45, 2.75) is 31.7 Å². The van der Waals surface area contributed by atoms with Gasteiger partial charge in [-0.1, -0.05) is 35.9 Å². The van der Waals surface area contributed by atoms with Crippen LogP contribution in [0.1, 0.15) is 29.9 Å². The minimum Gasteiger partial charge on any atom is -0.381 e. The maximum absolute atomic E-state index is 5.96. The molecule has 2 aromatic carbocycles. The molecule has 3 rings (SSSR count). The minimum atomic E-state index is 0.553. The molecule has 0 radical (unpaired) electrons. The van der Waals surface area contributed by atoms with Gasteiger partial charge in [0.1, 0.15) is 0 Å². The lowest BCUT2D eigenvalue weighted by Gasteiger charge is -2.37. The summed E-state index contributed by atoms with van der Waals surface area (Å²) in [6, 6.07) is 15.1. The zero-order valence-corrected chi connectivity index (χ0v) is 13.7. The largest absolute Gasteiger partial charge is 0.381 e. The van der Waals surface area contributed by atoms with E-state index in [4.69, 9.17) is 11.6 Å². The van der Waals surface area contributed by atoms with Crippen LogP contribution in [0.5, 0.6) is 0 Å². The predicted octanol–water partition coefficient (Wildman–Crippen LogP) is 5.77. The fourth-order valence-corrected chi connectivity index (χ4v) is 3.66. The maximum Gasteiger partial charge on any atom is 0.0487 e. The van der Waals surface area contributed by atoms with Crippen LogP contribution in [0.2, 0.25) is 5.02 Å². The Morgan fingerprint density at radius 2 is 1.90 bits per heavy atom. The van der Waals surface area contributed by atoms with E-state index in [1.165, 1.54) is 24.0 Å². The van der Waals surface area contributed by atoms with Crippen LogP contribution in [0.25, 0.3) is 0 Å². The molecule has 1 aliphatic carbocycles. The summed E-state index contributed by atoms with van der Waals surface area (Å²) in [5.74, 6) is 0.694. The van der Waals surface area contributed by atoms with Crippen molar-refractivity contribution in [2.24, 2.45) is 0 Å². The molecule has 0 saturated heterocycles. The second-order valence-corrected chi connectivity index (χ2v) is 6.78. The second-order valence-electron chi connectivity index (χ2n) is 5.49. The normalized spacial score (nSPS) is 21.4. The monoisotopic (exact) mass is 349 g/mol. The number of halogens is 2. The topological polar surface area (TPSA) is 12.0 Å². The van der Waals surface area contributed by atoms with E-state index >= 15 is 0 Å². The summed E-state index contributed by atoms with van der Waals surface area (Å²) in [6.45, 7) is 2.20. The number of hydrogen-bond acceptors (Lipinski definition) is 1. The van der Waals surface area contributed by atoms with Gasteiger partial charge >= 0.3 is 0 Å². The van der Waals surface area contributed by atoms with E-state index in [1.807, 2.05) is 18.2 Å². The van der Waals surface area contributed by atoms with E-state index in [0.29, 0.717) is 12.0 Å². The Bertz CT molecular complexity index is 620. The second kappa shape index (κ2) is 5.79. The molecule has 0 aromatic heterocycles. The van der Waals surface area contributed by atoms with Crippen molar-refractivity contribution in [3.63, 3.8) is 0 Å². The third-order valence-corrected chi connectivity index (χ3v) is 4.95. The van der Waals surface area contributed by atoms with Crippen LogP contribution in [-0.4, -0.2) is 6.04 Å². The van der Waals surface area contributed by atoms with E-state index in [0.717, 1.165) is 15.2 Å². The number of aryl methyl sites for hydroxylation is 1. The summed E-state index contributed by atoms with van der Waals surface area (Å²) < 4.78 is 1.03. The molecular weight excluding hydrogens is 334 g/mol. The van der Waals surface area contributed by atoms with Crippen molar-refractivity contribution in [3.05, 3.63) is 63.1 Å². The van der Waals surface area contributed by atoms with Gasteiger partial charge in [0.15, 0.2) is 0 Å². The van der Waals surface area contributed by atoms with Crippen LogP contribution < -0.4 is 5.32 Å². The number of hydrogen-bond donors (Lipinski definition) is 1. The van der Waals surface area contributed by atoms with Gasteiger partial charge in [0.2, 0.25) is 0 Å². The van der Waals surface area contributed by atoms with Crippen LogP contribution in [-0.2, 0) is 0 Å². The lowest BCUT2D eigenvalue weighted by atomic mass is 9.74. The first kappa shape index (κ1) is 14.0. The molecule has 1 nitrogen and oxygen atoms in total. The molecule has 0 heterocycles. The lowest BCUT2D eigenvalue weighted by molar-refractivity contribution is 0.373. The third kappa shape index (κ3) is 2.87. The van der Waals surface area contributed by atoms with Gasteiger partial charge in [-0.05, 0) is 70.9 Å². The van der Waals surface area contributed by atoms with E-state index in [2.05, 4.69) is 52.4 Å². The Hall–Kier alpha value is -0.990. The molecule has 104 valence electrons. The van der Waals surface area contributed by atoms with Crippen LogP contribution >= 0.6 is 27.5 Å². The summed E-state index contributed by atoms with van der Waals surface area (Å²) >= 11 is 9.52. The standard InChI is InChI=1S/C17H17BrClN/c1-11-4-2-3-5-15(11)12-8-14(9-12)20-17-7-6-13(19)10-16(17)18/h2-7,10,12,14,20H,8-9H2,1H3.